The van der Waals surface area contributed by atoms with Gasteiger partial charge in [-0.15, -0.1) is 0 Å². The molecule has 0 radical (unpaired) electrons. The highest BCUT2D eigenvalue weighted by molar-refractivity contribution is 5.67. The van der Waals surface area contributed by atoms with Gasteiger partial charge >= 0.3 is 0 Å². The summed E-state index contributed by atoms with van der Waals surface area (Å²) in [6.45, 7) is 0. The molecule has 1 unspecified atom stereocenters. The van der Waals surface area contributed by atoms with E-state index in [2.05, 4.69) is 6.08 Å². The van der Waals surface area contributed by atoms with E-state index in [1.165, 1.54) is 64.5 Å². The number of methoxy groups -OCH3 is 1. The highest BCUT2D eigenvalue weighted by Crippen LogP contribution is 2.45. The third-order valence-corrected chi connectivity index (χ3v) is 7.61. The summed E-state index contributed by atoms with van der Waals surface area (Å²) in [4.78, 5) is 0. The zero-order valence-corrected chi connectivity index (χ0v) is 16.5. The standard InChI is InChI=1S/C24H32F2O/c1-27-22-15-14-21(23(25)24(22)26)20-12-10-19(11-13-20)18-8-6-17(7-9-18)16-4-2-3-5-16/h12,14-19H,2-11,13H2,1H3. The summed E-state index contributed by atoms with van der Waals surface area (Å²) in [6, 6.07) is 3.20. The molecule has 1 aromatic rings. The van der Waals surface area contributed by atoms with Gasteiger partial charge in [0.2, 0.25) is 5.82 Å². The average Bonchev–Trinajstić information content (AvgIpc) is 3.25. The molecule has 0 spiro atoms. The lowest BCUT2D eigenvalue weighted by atomic mass is 9.68. The van der Waals surface area contributed by atoms with Crippen molar-refractivity contribution in [1.29, 1.82) is 0 Å². The van der Waals surface area contributed by atoms with Crippen LogP contribution in [0, 0.1) is 35.3 Å². The molecule has 1 nitrogen and oxygen atoms in total. The third-order valence-electron chi connectivity index (χ3n) is 7.61. The van der Waals surface area contributed by atoms with Crippen molar-refractivity contribution in [2.75, 3.05) is 7.11 Å². The summed E-state index contributed by atoms with van der Waals surface area (Å²) in [7, 11) is 1.36. The second-order valence-corrected chi connectivity index (χ2v) is 8.93. The molecule has 0 aliphatic heterocycles. The monoisotopic (exact) mass is 374 g/mol. The molecule has 0 N–H and O–H groups in total. The summed E-state index contributed by atoms with van der Waals surface area (Å²) < 4.78 is 33.3. The van der Waals surface area contributed by atoms with Crippen molar-refractivity contribution >= 4 is 5.57 Å². The predicted molar refractivity (Wildman–Crippen MR) is 106 cm³/mol. The average molecular weight is 375 g/mol. The fourth-order valence-electron chi connectivity index (χ4n) is 5.98. The SMILES string of the molecule is COc1ccc(C2=CCC(C3CCC(C4CCCC4)CC3)CC2)c(F)c1F. The normalized spacial score (nSPS) is 29.6. The second-order valence-electron chi connectivity index (χ2n) is 8.93. The minimum absolute atomic E-state index is 0.0236. The zero-order valence-electron chi connectivity index (χ0n) is 16.5. The molecule has 0 aromatic heterocycles. The van der Waals surface area contributed by atoms with E-state index in [0.717, 1.165) is 48.5 Å². The van der Waals surface area contributed by atoms with Crippen LogP contribution in [-0.2, 0) is 0 Å². The van der Waals surface area contributed by atoms with Crippen LogP contribution >= 0.6 is 0 Å². The van der Waals surface area contributed by atoms with Gasteiger partial charge in [-0.1, -0.05) is 31.8 Å². The van der Waals surface area contributed by atoms with Crippen molar-refractivity contribution < 1.29 is 13.5 Å². The Morgan fingerprint density at radius 3 is 2.00 bits per heavy atom. The fraction of sp³-hybridized carbons (Fsp3) is 0.667. The number of ether oxygens (including phenoxy) is 1. The number of hydrogen-bond acceptors (Lipinski definition) is 1. The van der Waals surface area contributed by atoms with Crippen LogP contribution in [0.2, 0.25) is 0 Å². The maximum absolute atomic E-state index is 14.4. The number of hydrogen-bond donors (Lipinski definition) is 0. The van der Waals surface area contributed by atoms with Gasteiger partial charge in [0.05, 0.1) is 7.11 Å². The summed E-state index contributed by atoms with van der Waals surface area (Å²) in [6.07, 6.45) is 16.6. The lowest BCUT2D eigenvalue weighted by Gasteiger charge is -2.37. The first-order valence-electron chi connectivity index (χ1n) is 10.9. The molecule has 3 heteroatoms. The molecule has 0 bridgehead atoms. The molecular formula is C24H32F2O. The van der Waals surface area contributed by atoms with Gasteiger partial charge in [0.1, 0.15) is 0 Å². The van der Waals surface area contributed by atoms with Crippen molar-refractivity contribution in [2.45, 2.75) is 70.6 Å². The Morgan fingerprint density at radius 2 is 1.41 bits per heavy atom. The number of benzene rings is 1. The Kier molecular flexibility index (Phi) is 5.85. The molecule has 3 aliphatic carbocycles. The number of allylic oxidation sites excluding steroid dienone is 2. The Hall–Kier alpha value is -1.38. The van der Waals surface area contributed by atoms with Crippen LogP contribution in [0.25, 0.3) is 5.57 Å². The van der Waals surface area contributed by atoms with E-state index in [4.69, 9.17) is 4.74 Å². The topological polar surface area (TPSA) is 9.23 Å². The van der Waals surface area contributed by atoms with Crippen molar-refractivity contribution in [1.82, 2.24) is 0 Å². The molecule has 1 aromatic carbocycles. The van der Waals surface area contributed by atoms with Gasteiger partial charge in [-0.25, -0.2) is 4.39 Å². The Balaban J connectivity index is 1.36. The van der Waals surface area contributed by atoms with Crippen molar-refractivity contribution in [3.05, 3.63) is 35.4 Å². The van der Waals surface area contributed by atoms with E-state index in [9.17, 15) is 8.78 Å². The minimum Gasteiger partial charge on any atom is -0.494 e. The van der Waals surface area contributed by atoms with Crippen LogP contribution in [0.3, 0.4) is 0 Å². The molecule has 2 saturated carbocycles. The van der Waals surface area contributed by atoms with Crippen molar-refractivity contribution in [3.63, 3.8) is 0 Å². The Labute approximate surface area is 162 Å². The molecule has 0 amide bonds. The van der Waals surface area contributed by atoms with E-state index in [1.807, 2.05) is 0 Å². The zero-order chi connectivity index (χ0) is 18.8. The lowest BCUT2D eigenvalue weighted by molar-refractivity contribution is 0.158. The maximum Gasteiger partial charge on any atom is 0.201 e. The molecule has 0 heterocycles. The van der Waals surface area contributed by atoms with Gasteiger partial charge in [0, 0.05) is 5.56 Å². The van der Waals surface area contributed by atoms with Gasteiger partial charge in [0.25, 0.3) is 0 Å². The molecule has 148 valence electrons. The van der Waals surface area contributed by atoms with E-state index in [-0.39, 0.29) is 5.75 Å². The van der Waals surface area contributed by atoms with E-state index < -0.39 is 11.6 Å². The Morgan fingerprint density at radius 1 is 0.778 bits per heavy atom. The highest BCUT2D eigenvalue weighted by Gasteiger charge is 2.33. The van der Waals surface area contributed by atoms with Gasteiger partial charge in [0.15, 0.2) is 11.6 Å². The first-order chi connectivity index (χ1) is 13.2. The summed E-state index contributed by atoms with van der Waals surface area (Å²) >= 11 is 0. The number of halogens is 2. The van der Waals surface area contributed by atoms with E-state index in [1.54, 1.807) is 6.07 Å². The van der Waals surface area contributed by atoms with Crippen molar-refractivity contribution in [3.8, 4) is 5.75 Å². The molecular weight excluding hydrogens is 342 g/mol. The largest absolute Gasteiger partial charge is 0.494 e. The molecule has 27 heavy (non-hydrogen) atoms. The van der Waals surface area contributed by atoms with E-state index in [0.29, 0.717) is 5.56 Å². The van der Waals surface area contributed by atoms with Crippen molar-refractivity contribution in [2.24, 2.45) is 23.7 Å². The van der Waals surface area contributed by atoms with Crippen LogP contribution in [0.15, 0.2) is 18.2 Å². The maximum atomic E-state index is 14.4. The first kappa shape index (κ1) is 19.0. The quantitative estimate of drug-likeness (QED) is 0.543. The summed E-state index contributed by atoms with van der Waals surface area (Å²) in [5.41, 5.74) is 1.38. The van der Waals surface area contributed by atoms with Crippen LogP contribution in [-0.4, -0.2) is 7.11 Å². The smallest absolute Gasteiger partial charge is 0.201 e. The van der Waals surface area contributed by atoms with Gasteiger partial charge in [-0.05, 0) is 86.3 Å². The number of rotatable bonds is 4. The summed E-state index contributed by atoms with van der Waals surface area (Å²) in [5, 5.41) is 0. The third kappa shape index (κ3) is 3.93. The Bertz CT molecular complexity index is 682. The van der Waals surface area contributed by atoms with Gasteiger partial charge in [-0.2, -0.15) is 4.39 Å². The molecule has 0 saturated heterocycles. The minimum atomic E-state index is -0.872. The molecule has 1 atom stereocenters. The fourth-order valence-corrected chi connectivity index (χ4v) is 5.98. The van der Waals surface area contributed by atoms with E-state index >= 15 is 0 Å². The van der Waals surface area contributed by atoms with Gasteiger partial charge < -0.3 is 4.74 Å². The highest BCUT2D eigenvalue weighted by atomic mass is 19.2. The molecule has 4 rings (SSSR count). The van der Waals surface area contributed by atoms with Gasteiger partial charge in [-0.3, -0.25) is 0 Å². The first-order valence-corrected chi connectivity index (χ1v) is 10.9. The second kappa shape index (κ2) is 8.32. The van der Waals surface area contributed by atoms with Crippen LogP contribution < -0.4 is 4.74 Å². The summed E-state index contributed by atoms with van der Waals surface area (Å²) in [5.74, 6) is 1.89. The van der Waals surface area contributed by atoms with Crippen LogP contribution in [0.5, 0.6) is 5.75 Å². The lowest BCUT2D eigenvalue weighted by Crippen LogP contribution is -2.25. The molecule has 2 fully saturated rings. The predicted octanol–water partition coefficient (Wildman–Crippen LogP) is 7.15. The molecule has 3 aliphatic rings. The van der Waals surface area contributed by atoms with Crippen LogP contribution in [0.4, 0.5) is 8.78 Å². The van der Waals surface area contributed by atoms with Crippen LogP contribution in [0.1, 0.15) is 76.2 Å².